The number of hydrogen-bond donors (Lipinski definition) is 1. The first kappa shape index (κ1) is 23.5. The van der Waals surface area contributed by atoms with Gasteiger partial charge in [0.2, 0.25) is 0 Å². The normalized spacial score (nSPS) is 12.0. The van der Waals surface area contributed by atoms with Crippen molar-refractivity contribution in [2.24, 2.45) is 0 Å². The van der Waals surface area contributed by atoms with Crippen LogP contribution in [0.3, 0.4) is 0 Å². The quantitative estimate of drug-likeness (QED) is 0.304. The molecule has 34 heavy (non-hydrogen) atoms. The summed E-state index contributed by atoms with van der Waals surface area (Å²) in [6.45, 7) is 6.51. The fourth-order valence-electron chi connectivity index (χ4n) is 3.76. The zero-order chi connectivity index (χ0) is 23.9. The van der Waals surface area contributed by atoms with Crippen molar-refractivity contribution in [1.29, 1.82) is 0 Å². The minimum atomic E-state index is -0.222. The Balaban J connectivity index is 1.36. The Bertz CT molecular complexity index is 1230. The molecular formula is C28H32N4O2. The molecule has 0 unspecified atom stereocenters. The highest BCUT2D eigenvalue weighted by Crippen LogP contribution is 2.22. The molecule has 176 valence electrons. The molecular weight excluding hydrogens is 424 g/mol. The molecule has 1 atom stereocenters. The Morgan fingerprint density at radius 1 is 0.971 bits per heavy atom. The van der Waals surface area contributed by atoms with E-state index in [1.807, 2.05) is 42.5 Å². The highest BCUT2D eigenvalue weighted by molar-refractivity contribution is 5.93. The van der Waals surface area contributed by atoms with E-state index < -0.39 is 0 Å². The molecule has 0 aliphatic heterocycles. The second-order valence-electron chi connectivity index (χ2n) is 8.68. The fourth-order valence-corrected chi connectivity index (χ4v) is 3.76. The number of hydrogen-bond acceptors (Lipinski definition) is 4. The monoisotopic (exact) mass is 456 g/mol. The minimum Gasteiger partial charge on any atom is -0.484 e. The van der Waals surface area contributed by atoms with E-state index in [4.69, 9.17) is 4.74 Å². The van der Waals surface area contributed by atoms with Crippen molar-refractivity contribution in [3.63, 3.8) is 0 Å². The van der Waals surface area contributed by atoms with Gasteiger partial charge in [-0.2, -0.15) is 4.80 Å². The van der Waals surface area contributed by atoms with Crippen LogP contribution in [-0.2, 0) is 11.2 Å². The molecule has 6 heteroatoms. The number of anilines is 1. The van der Waals surface area contributed by atoms with E-state index in [0.29, 0.717) is 17.4 Å². The number of aromatic nitrogens is 3. The molecule has 0 fully saturated rings. The number of amides is 1. The van der Waals surface area contributed by atoms with Gasteiger partial charge in [0, 0.05) is 5.69 Å². The summed E-state index contributed by atoms with van der Waals surface area (Å²) in [4.78, 5) is 14.0. The lowest BCUT2D eigenvalue weighted by Crippen LogP contribution is -2.20. The highest BCUT2D eigenvalue weighted by atomic mass is 16.5. The van der Waals surface area contributed by atoms with Crippen LogP contribution in [0.2, 0.25) is 0 Å². The van der Waals surface area contributed by atoms with Gasteiger partial charge in [0.1, 0.15) is 16.8 Å². The van der Waals surface area contributed by atoms with Gasteiger partial charge in [-0.25, -0.2) is 0 Å². The van der Waals surface area contributed by atoms with Crippen LogP contribution in [0.1, 0.15) is 57.1 Å². The fraction of sp³-hybridized carbons (Fsp3) is 0.321. The second kappa shape index (κ2) is 11.0. The number of carbonyl (C=O) groups excluding carboxylic acids is 1. The molecule has 0 aliphatic rings. The summed E-state index contributed by atoms with van der Waals surface area (Å²) in [6.07, 6.45) is 4.55. The summed E-state index contributed by atoms with van der Waals surface area (Å²) in [5.74, 6) is 0.970. The maximum absolute atomic E-state index is 12.4. The third kappa shape index (κ3) is 5.81. The third-order valence-corrected chi connectivity index (χ3v) is 6.08. The lowest BCUT2D eigenvalue weighted by molar-refractivity contribution is -0.118. The molecule has 0 aliphatic carbocycles. The lowest BCUT2D eigenvalue weighted by Gasteiger charge is -2.11. The Labute approximate surface area is 200 Å². The number of unbranched alkanes of at least 4 members (excludes halogenated alkanes) is 1. The Morgan fingerprint density at radius 3 is 2.41 bits per heavy atom. The van der Waals surface area contributed by atoms with Crippen molar-refractivity contribution in [3.8, 4) is 11.4 Å². The molecule has 0 saturated carbocycles. The predicted molar refractivity (Wildman–Crippen MR) is 137 cm³/mol. The van der Waals surface area contributed by atoms with Crippen molar-refractivity contribution < 1.29 is 9.53 Å². The summed E-state index contributed by atoms with van der Waals surface area (Å²) in [7, 11) is 0. The van der Waals surface area contributed by atoms with E-state index in [0.717, 1.165) is 29.6 Å². The van der Waals surface area contributed by atoms with Crippen LogP contribution in [0, 0.1) is 0 Å². The van der Waals surface area contributed by atoms with Crippen LogP contribution in [0.4, 0.5) is 5.69 Å². The Kier molecular flexibility index (Phi) is 7.58. The average molecular weight is 457 g/mol. The minimum absolute atomic E-state index is 0.0578. The smallest absolute Gasteiger partial charge is 0.262 e. The highest BCUT2D eigenvalue weighted by Gasteiger charge is 2.09. The van der Waals surface area contributed by atoms with Crippen LogP contribution in [0.5, 0.6) is 5.75 Å². The van der Waals surface area contributed by atoms with Gasteiger partial charge in [-0.05, 0) is 78.8 Å². The molecule has 0 spiro atoms. The van der Waals surface area contributed by atoms with E-state index in [1.165, 1.54) is 24.0 Å². The topological polar surface area (TPSA) is 69.0 Å². The summed E-state index contributed by atoms with van der Waals surface area (Å²) in [6, 6.07) is 21.8. The van der Waals surface area contributed by atoms with Crippen molar-refractivity contribution in [2.45, 2.75) is 52.4 Å². The van der Waals surface area contributed by atoms with Crippen LogP contribution >= 0.6 is 0 Å². The van der Waals surface area contributed by atoms with E-state index in [9.17, 15) is 4.79 Å². The van der Waals surface area contributed by atoms with E-state index in [1.54, 1.807) is 4.80 Å². The molecule has 1 heterocycles. The van der Waals surface area contributed by atoms with Crippen molar-refractivity contribution >= 4 is 22.6 Å². The van der Waals surface area contributed by atoms with Crippen molar-refractivity contribution in [1.82, 2.24) is 15.0 Å². The van der Waals surface area contributed by atoms with Gasteiger partial charge in [-0.1, -0.05) is 51.5 Å². The maximum atomic E-state index is 12.4. The van der Waals surface area contributed by atoms with E-state index >= 15 is 0 Å². The standard InChI is InChI=1S/C28H32N4O2/c1-4-6-7-21-8-13-24(14-9-21)32-30-26-17-12-23(18-27(26)31-32)29-28(33)19-34-25-15-10-22(11-16-25)20(3)5-2/h8-18,20H,4-7,19H2,1-3H3,(H,29,33)/t20-/m0/s1. The molecule has 4 aromatic rings. The van der Waals surface area contributed by atoms with Crippen LogP contribution in [0.25, 0.3) is 16.7 Å². The largest absolute Gasteiger partial charge is 0.484 e. The molecule has 1 aromatic heterocycles. The van der Waals surface area contributed by atoms with Gasteiger partial charge in [0.15, 0.2) is 6.61 Å². The van der Waals surface area contributed by atoms with Gasteiger partial charge < -0.3 is 10.1 Å². The average Bonchev–Trinajstić information content (AvgIpc) is 3.30. The summed E-state index contributed by atoms with van der Waals surface area (Å²) in [5, 5.41) is 12.0. The van der Waals surface area contributed by atoms with Crippen LogP contribution in [0.15, 0.2) is 66.7 Å². The number of aryl methyl sites for hydroxylation is 1. The van der Waals surface area contributed by atoms with E-state index in [-0.39, 0.29) is 12.5 Å². The predicted octanol–water partition coefficient (Wildman–Crippen LogP) is 6.29. The van der Waals surface area contributed by atoms with Crippen LogP contribution in [-0.4, -0.2) is 27.5 Å². The first-order valence-electron chi connectivity index (χ1n) is 12.0. The zero-order valence-corrected chi connectivity index (χ0v) is 20.1. The number of benzene rings is 3. The second-order valence-corrected chi connectivity index (χ2v) is 8.68. The Hall–Kier alpha value is -3.67. The molecule has 0 radical (unpaired) electrons. The molecule has 6 nitrogen and oxygen atoms in total. The molecule has 0 saturated heterocycles. The Morgan fingerprint density at radius 2 is 1.71 bits per heavy atom. The van der Waals surface area contributed by atoms with Gasteiger partial charge in [0.25, 0.3) is 5.91 Å². The molecule has 4 rings (SSSR count). The number of ether oxygens (including phenoxy) is 1. The third-order valence-electron chi connectivity index (χ3n) is 6.08. The number of fused-ring (bicyclic) bond motifs is 1. The summed E-state index contributed by atoms with van der Waals surface area (Å²) >= 11 is 0. The molecule has 1 N–H and O–H groups in total. The van der Waals surface area contributed by atoms with E-state index in [2.05, 4.69) is 60.6 Å². The van der Waals surface area contributed by atoms with Crippen molar-refractivity contribution in [2.75, 3.05) is 11.9 Å². The zero-order valence-electron chi connectivity index (χ0n) is 20.1. The first-order valence-corrected chi connectivity index (χ1v) is 12.0. The van der Waals surface area contributed by atoms with Gasteiger partial charge >= 0.3 is 0 Å². The SMILES string of the molecule is CCCCc1ccc(-n2nc3ccc(NC(=O)COc4ccc([C@@H](C)CC)cc4)cc3n2)cc1. The number of nitrogens with one attached hydrogen (secondary N) is 1. The van der Waals surface area contributed by atoms with Crippen LogP contribution < -0.4 is 10.1 Å². The number of carbonyl (C=O) groups is 1. The molecule has 1 amide bonds. The van der Waals surface area contributed by atoms with Gasteiger partial charge in [0.05, 0.1) is 5.69 Å². The van der Waals surface area contributed by atoms with Gasteiger partial charge in [-0.3, -0.25) is 4.79 Å². The lowest BCUT2D eigenvalue weighted by atomic mass is 9.99. The molecule has 3 aromatic carbocycles. The van der Waals surface area contributed by atoms with Crippen molar-refractivity contribution in [3.05, 3.63) is 77.9 Å². The first-order chi connectivity index (χ1) is 16.6. The van der Waals surface area contributed by atoms with Gasteiger partial charge in [-0.15, -0.1) is 10.2 Å². The maximum Gasteiger partial charge on any atom is 0.262 e. The number of nitrogens with zero attached hydrogens (tertiary/aromatic N) is 3. The number of rotatable bonds is 10. The molecule has 0 bridgehead atoms. The summed E-state index contributed by atoms with van der Waals surface area (Å²) < 4.78 is 5.65. The summed E-state index contributed by atoms with van der Waals surface area (Å²) in [5.41, 5.74) is 5.65.